The number of carbonyl (C=O) groups is 1. The maximum absolute atomic E-state index is 13.4. The second kappa shape index (κ2) is 7.15. The molecule has 5 rings (SSSR count). The summed E-state index contributed by atoms with van der Waals surface area (Å²) in [6, 6.07) is 17.6. The molecule has 6 nitrogen and oxygen atoms in total. The molecule has 6 heteroatoms. The van der Waals surface area contributed by atoms with Crippen molar-refractivity contribution >= 4 is 16.9 Å². The standard InChI is InChI=1S/C24H18N2O4/c1-29-17-8-6-16(7-9-17)21-20-22(27)18-4-2-3-5-19(18)30-23(20)24(28)26(21)14-15-10-12-25-13-11-15/h2-13,21H,14H2,1H3/t21-/m0/s1. The number of hydrogen-bond acceptors (Lipinski definition) is 5. The van der Waals surface area contributed by atoms with Crippen molar-refractivity contribution in [1.82, 2.24) is 9.88 Å². The molecule has 30 heavy (non-hydrogen) atoms. The Morgan fingerprint density at radius 2 is 1.73 bits per heavy atom. The number of fused-ring (bicyclic) bond motifs is 2. The molecule has 0 aliphatic carbocycles. The number of amides is 1. The van der Waals surface area contributed by atoms with Crippen molar-refractivity contribution < 1.29 is 13.9 Å². The zero-order chi connectivity index (χ0) is 20.7. The molecule has 1 aliphatic heterocycles. The van der Waals surface area contributed by atoms with Gasteiger partial charge in [-0.25, -0.2) is 0 Å². The van der Waals surface area contributed by atoms with Crippen molar-refractivity contribution in [3.05, 3.63) is 106 Å². The van der Waals surface area contributed by atoms with E-state index in [4.69, 9.17) is 9.15 Å². The Kier molecular flexibility index (Phi) is 4.32. The molecular weight excluding hydrogens is 380 g/mol. The number of pyridine rings is 1. The van der Waals surface area contributed by atoms with Crippen LogP contribution in [0.2, 0.25) is 0 Å². The molecule has 1 atom stereocenters. The Balaban J connectivity index is 1.71. The number of rotatable bonds is 4. The lowest BCUT2D eigenvalue weighted by atomic mass is 9.98. The lowest BCUT2D eigenvalue weighted by Crippen LogP contribution is -2.29. The SMILES string of the molecule is COc1ccc([C@H]2c3c(oc4ccccc4c3=O)C(=O)N2Cc2ccncc2)cc1. The van der Waals surface area contributed by atoms with Crippen LogP contribution in [-0.4, -0.2) is 22.9 Å². The third-order valence-electron chi connectivity index (χ3n) is 5.41. The first kappa shape index (κ1) is 18.1. The fourth-order valence-corrected chi connectivity index (χ4v) is 3.95. The monoisotopic (exact) mass is 398 g/mol. The van der Waals surface area contributed by atoms with Crippen molar-refractivity contribution in [3.8, 4) is 5.75 Å². The molecule has 0 saturated heterocycles. The van der Waals surface area contributed by atoms with E-state index in [1.807, 2.05) is 36.4 Å². The minimum absolute atomic E-state index is 0.105. The fourth-order valence-electron chi connectivity index (χ4n) is 3.95. The van der Waals surface area contributed by atoms with Crippen molar-refractivity contribution in [2.45, 2.75) is 12.6 Å². The average Bonchev–Trinajstić information content (AvgIpc) is 3.06. The van der Waals surface area contributed by atoms with E-state index >= 15 is 0 Å². The van der Waals surface area contributed by atoms with E-state index in [1.165, 1.54) is 0 Å². The van der Waals surface area contributed by atoms with Gasteiger partial charge >= 0.3 is 0 Å². The minimum atomic E-state index is -0.549. The van der Waals surface area contributed by atoms with Crippen LogP contribution in [0.1, 0.15) is 33.3 Å². The van der Waals surface area contributed by atoms with Gasteiger partial charge in [0.1, 0.15) is 11.3 Å². The summed E-state index contributed by atoms with van der Waals surface area (Å²) in [5.41, 5.74) is 2.34. The maximum atomic E-state index is 13.4. The van der Waals surface area contributed by atoms with Crippen LogP contribution in [0.5, 0.6) is 5.75 Å². The molecule has 0 unspecified atom stereocenters. The van der Waals surface area contributed by atoms with Crippen molar-refractivity contribution in [2.24, 2.45) is 0 Å². The minimum Gasteiger partial charge on any atom is -0.497 e. The number of carbonyl (C=O) groups excluding carboxylic acids is 1. The molecule has 1 amide bonds. The summed E-state index contributed by atoms with van der Waals surface area (Å²) in [6.07, 6.45) is 3.37. The number of ether oxygens (including phenoxy) is 1. The first-order valence-electron chi connectivity index (χ1n) is 9.57. The number of hydrogen-bond donors (Lipinski definition) is 0. The number of benzene rings is 2. The Morgan fingerprint density at radius 3 is 2.47 bits per heavy atom. The Morgan fingerprint density at radius 1 is 1.00 bits per heavy atom. The molecule has 2 aromatic heterocycles. The van der Waals surface area contributed by atoms with Crippen LogP contribution >= 0.6 is 0 Å². The van der Waals surface area contributed by atoms with Gasteiger partial charge in [0.15, 0.2) is 5.43 Å². The van der Waals surface area contributed by atoms with Gasteiger partial charge in [-0.05, 0) is 47.5 Å². The molecule has 1 aliphatic rings. The third kappa shape index (κ3) is 2.85. The molecular formula is C24H18N2O4. The number of nitrogens with zero attached hydrogens (tertiary/aromatic N) is 2. The van der Waals surface area contributed by atoms with Crippen LogP contribution in [-0.2, 0) is 6.54 Å². The highest BCUT2D eigenvalue weighted by atomic mass is 16.5. The van der Waals surface area contributed by atoms with Crippen LogP contribution in [0.3, 0.4) is 0 Å². The zero-order valence-corrected chi connectivity index (χ0v) is 16.2. The van der Waals surface area contributed by atoms with Crippen molar-refractivity contribution in [1.29, 1.82) is 0 Å². The summed E-state index contributed by atoms with van der Waals surface area (Å²) >= 11 is 0. The van der Waals surface area contributed by atoms with E-state index in [9.17, 15) is 9.59 Å². The highest BCUT2D eigenvalue weighted by molar-refractivity contribution is 5.99. The average molecular weight is 398 g/mol. The van der Waals surface area contributed by atoms with Crippen molar-refractivity contribution in [3.63, 3.8) is 0 Å². The topological polar surface area (TPSA) is 72.6 Å². The largest absolute Gasteiger partial charge is 0.497 e. The fraction of sp³-hybridized carbons (Fsp3) is 0.125. The zero-order valence-electron chi connectivity index (χ0n) is 16.2. The molecule has 0 bridgehead atoms. The van der Waals surface area contributed by atoms with E-state index in [1.54, 1.807) is 48.7 Å². The van der Waals surface area contributed by atoms with E-state index < -0.39 is 6.04 Å². The normalized spacial score (nSPS) is 15.4. The highest BCUT2D eigenvalue weighted by Crippen LogP contribution is 2.39. The molecule has 2 aromatic carbocycles. The lowest BCUT2D eigenvalue weighted by Gasteiger charge is -2.25. The van der Waals surface area contributed by atoms with E-state index in [2.05, 4.69) is 4.98 Å². The predicted molar refractivity (Wildman–Crippen MR) is 111 cm³/mol. The quantitative estimate of drug-likeness (QED) is 0.521. The van der Waals surface area contributed by atoms with Crippen LogP contribution in [0.4, 0.5) is 0 Å². The molecule has 148 valence electrons. The summed E-state index contributed by atoms with van der Waals surface area (Å²) in [5.74, 6) is 0.508. The molecule has 0 N–H and O–H groups in total. The summed E-state index contributed by atoms with van der Waals surface area (Å²) in [6.45, 7) is 0.331. The Hall–Kier alpha value is -3.93. The number of aromatic nitrogens is 1. The van der Waals surface area contributed by atoms with E-state index in [-0.39, 0.29) is 17.1 Å². The van der Waals surface area contributed by atoms with Gasteiger partial charge in [0.05, 0.1) is 24.1 Å². The molecule has 0 spiro atoms. The van der Waals surface area contributed by atoms with Gasteiger partial charge in [0.2, 0.25) is 5.76 Å². The van der Waals surface area contributed by atoms with Gasteiger partial charge in [0.25, 0.3) is 5.91 Å². The van der Waals surface area contributed by atoms with Crippen LogP contribution < -0.4 is 10.2 Å². The molecule has 0 saturated carbocycles. The van der Waals surface area contributed by atoms with Gasteiger partial charge in [0, 0.05) is 18.9 Å². The number of para-hydroxylation sites is 1. The Labute approximate surface area is 172 Å². The van der Waals surface area contributed by atoms with Gasteiger partial charge in [-0.15, -0.1) is 0 Å². The van der Waals surface area contributed by atoms with Crippen LogP contribution in [0, 0.1) is 0 Å². The second-order valence-corrected chi connectivity index (χ2v) is 7.13. The second-order valence-electron chi connectivity index (χ2n) is 7.13. The predicted octanol–water partition coefficient (Wildman–Crippen LogP) is 3.94. The summed E-state index contributed by atoms with van der Waals surface area (Å²) in [7, 11) is 1.60. The summed E-state index contributed by atoms with van der Waals surface area (Å²) in [4.78, 5) is 32.5. The first-order chi connectivity index (χ1) is 14.7. The van der Waals surface area contributed by atoms with Crippen molar-refractivity contribution in [2.75, 3.05) is 7.11 Å². The Bertz CT molecular complexity index is 1300. The molecule has 0 fully saturated rings. The van der Waals surface area contributed by atoms with Gasteiger partial charge in [-0.3, -0.25) is 14.6 Å². The van der Waals surface area contributed by atoms with Crippen LogP contribution in [0.25, 0.3) is 11.0 Å². The number of methoxy groups -OCH3 is 1. The maximum Gasteiger partial charge on any atom is 0.291 e. The van der Waals surface area contributed by atoms with Gasteiger partial charge < -0.3 is 14.1 Å². The highest BCUT2D eigenvalue weighted by Gasteiger charge is 2.42. The summed E-state index contributed by atoms with van der Waals surface area (Å²) in [5, 5.41) is 0.466. The molecule has 3 heterocycles. The van der Waals surface area contributed by atoms with Crippen LogP contribution in [0.15, 0.2) is 82.3 Å². The van der Waals surface area contributed by atoms with Gasteiger partial charge in [-0.2, -0.15) is 0 Å². The van der Waals surface area contributed by atoms with E-state index in [0.717, 1.165) is 11.1 Å². The van der Waals surface area contributed by atoms with Gasteiger partial charge in [-0.1, -0.05) is 24.3 Å². The lowest BCUT2D eigenvalue weighted by molar-refractivity contribution is 0.0714. The molecule has 4 aromatic rings. The van der Waals surface area contributed by atoms with E-state index in [0.29, 0.717) is 28.8 Å². The third-order valence-corrected chi connectivity index (χ3v) is 5.41. The smallest absolute Gasteiger partial charge is 0.291 e. The summed E-state index contributed by atoms with van der Waals surface area (Å²) < 4.78 is 11.2. The first-order valence-corrected chi connectivity index (χ1v) is 9.57. The molecule has 0 radical (unpaired) electrons.